The van der Waals surface area contributed by atoms with Gasteiger partial charge < -0.3 is 4.98 Å². The van der Waals surface area contributed by atoms with E-state index >= 15 is 0 Å². The summed E-state index contributed by atoms with van der Waals surface area (Å²) in [6.45, 7) is 12.3. The van der Waals surface area contributed by atoms with E-state index in [0.29, 0.717) is 16.0 Å². The van der Waals surface area contributed by atoms with E-state index in [1.165, 1.54) is 11.1 Å². The van der Waals surface area contributed by atoms with Crippen molar-refractivity contribution in [1.82, 2.24) is 18.8 Å². The van der Waals surface area contributed by atoms with E-state index < -0.39 is 0 Å². The number of hydrogen-bond acceptors (Lipinski definition) is 5. The van der Waals surface area contributed by atoms with Crippen molar-refractivity contribution in [2.75, 3.05) is 6.26 Å². The molecule has 1 N–H and O–H groups in total. The molecule has 6 rings (SSSR count). The Balaban J connectivity index is 0.000000178. The summed E-state index contributed by atoms with van der Waals surface area (Å²) in [7, 11) is 0. The van der Waals surface area contributed by atoms with Crippen LogP contribution in [0.4, 0.5) is 0 Å². The maximum absolute atomic E-state index is 9.55. The van der Waals surface area contributed by atoms with Gasteiger partial charge in [-0.25, -0.2) is 4.98 Å². The molecule has 0 radical (unpaired) electrons. The van der Waals surface area contributed by atoms with Crippen LogP contribution in [-0.2, 0) is 0 Å². The molecule has 0 saturated carbocycles. The molecule has 2 aromatic carbocycles. The van der Waals surface area contributed by atoms with Crippen LogP contribution in [0.25, 0.3) is 33.5 Å². The first kappa shape index (κ1) is 32.7. The summed E-state index contributed by atoms with van der Waals surface area (Å²) >= 11 is 14.1. The highest BCUT2D eigenvalue weighted by atomic mass is 79.9. The summed E-state index contributed by atoms with van der Waals surface area (Å²) in [6, 6.07) is 20.7. The highest BCUT2D eigenvalue weighted by molar-refractivity contribution is 9.10. The van der Waals surface area contributed by atoms with Gasteiger partial charge in [-0.2, -0.15) is 10.5 Å². The Morgan fingerprint density at radius 3 is 1.73 bits per heavy atom. The lowest BCUT2D eigenvalue weighted by molar-refractivity contribution is 0.957. The fourth-order valence-corrected chi connectivity index (χ4v) is 8.37. The first-order valence-electron chi connectivity index (χ1n) is 14.0. The maximum Gasteiger partial charge on any atom is 0.146 e. The average Bonchev–Trinajstić information content (AvgIpc) is 3.50. The van der Waals surface area contributed by atoms with Crippen LogP contribution in [0.3, 0.4) is 0 Å². The molecule has 6 aromatic rings. The lowest BCUT2D eigenvalue weighted by Crippen LogP contribution is -1.98. The zero-order valence-electron chi connectivity index (χ0n) is 25.9. The Kier molecular flexibility index (Phi) is 9.44. The first-order chi connectivity index (χ1) is 21.4. The first-order valence-corrected chi connectivity index (χ1v) is 17.3. The van der Waals surface area contributed by atoms with Crippen molar-refractivity contribution in [3.63, 3.8) is 0 Å². The highest BCUT2D eigenvalue weighted by Crippen LogP contribution is 2.37. The molecule has 0 aliphatic rings. The van der Waals surface area contributed by atoms with Gasteiger partial charge in [0.25, 0.3) is 0 Å². The van der Waals surface area contributed by atoms with Gasteiger partial charge in [0, 0.05) is 31.5 Å². The molecule has 4 aromatic heterocycles. The summed E-state index contributed by atoms with van der Waals surface area (Å²) in [5, 5.41) is 20.0. The van der Waals surface area contributed by atoms with Gasteiger partial charge in [0.05, 0.1) is 5.03 Å². The fourth-order valence-electron chi connectivity index (χ4n) is 5.97. The number of hydrogen-bond donors (Lipinski definition) is 1. The molecule has 0 fully saturated rings. The van der Waals surface area contributed by atoms with Crippen LogP contribution in [0.15, 0.2) is 62.5 Å². The topological polar surface area (TPSA) is 85.1 Å². The number of aryl methyl sites for hydroxylation is 6. The predicted molar refractivity (Wildman–Crippen MR) is 194 cm³/mol. The molecule has 0 atom stereocenters. The second-order valence-corrected chi connectivity index (χ2v) is 14.1. The molecule has 0 unspecified atom stereocenters. The third-order valence-electron chi connectivity index (χ3n) is 7.66. The van der Waals surface area contributed by atoms with E-state index in [-0.39, 0.29) is 0 Å². The van der Waals surface area contributed by atoms with E-state index in [2.05, 4.69) is 101 Å². The number of H-pyrrole nitrogens is 1. The van der Waals surface area contributed by atoms with Crippen LogP contribution < -0.4 is 0 Å². The van der Waals surface area contributed by atoms with Crippen molar-refractivity contribution in [1.29, 1.82) is 10.5 Å². The molecule has 0 aliphatic carbocycles. The summed E-state index contributed by atoms with van der Waals surface area (Å²) in [6.07, 6.45) is 2.02. The van der Waals surface area contributed by atoms with Gasteiger partial charge >= 0.3 is 0 Å². The highest BCUT2D eigenvalue weighted by Gasteiger charge is 2.19. The molecule has 0 bridgehead atoms. The molecule has 4 heterocycles. The van der Waals surface area contributed by atoms with Gasteiger partial charge in [0.1, 0.15) is 39.5 Å². The standard InChI is InChI=1S/C18H16BrN3S.C17H14BrN3S/c1-10-5-13(19)6-11(2)17(10)15-8-14(9-20)22-16(23-4)7-12(3)21-18(15)22;1-9-4-12(18)5-10(2)16(9)14-7-13(8-19)21-15(22)6-11(3)20-17(14)21/h5-8H,1-4H3;4-7,20H,1-3H3. The lowest BCUT2D eigenvalue weighted by Gasteiger charge is -2.11. The predicted octanol–water partition coefficient (Wildman–Crippen LogP) is 10.5. The summed E-state index contributed by atoms with van der Waals surface area (Å²) in [5.41, 5.74) is 13.8. The second kappa shape index (κ2) is 13.0. The second-order valence-electron chi connectivity index (χ2n) is 11.0. The van der Waals surface area contributed by atoms with Gasteiger partial charge in [0.2, 0.25) is 0 Å². The molecular weight excluding hydrogens is 728 g/mol. The van der Waals surface area contributed by atoms with Crippen LogP contribution in [0, 0.1) is 68.8 Å². The van der Waals surface area contributed by atoms with Crippen LogP contribution >= 0.6 is 55.8 Å². The number of aromatic nitrogens is 4. The summed E-state index contributed by atoms with van der Waals surface area (Å²) < 4.78 is 6.52. The third-order valence-corrected chi connectivity index (χ3v) is 9.59. The quantitative estimate of drug-likeness (QED) is 0.110. The Morgan fingerprint density at radius 1 is 0.733 bits per heavy atom. The van der Waals surface area contributed by atoms with Crippen molar-refractivity contribution < 1.29 is 0 Å². The summed E-state index contributed by atoms with van der Waals surface area (Å²) in [4.78, 5) is 8.08. The number of thioether (sulfide) groups is 1. The molecule has 226 valence electrons. The van der Waals surface area contributed by atoms with E-state index in [9.17, 15) is 10.5 Å². The number of benzene rings is 2. The Bertz CT molecular complexity index is 2250. The van der Waals surface area contributed by atoms with E-state index in [0.717, 1.165) is 70.0 Å². The maximum atomic E-state index is 9.55. The third kappa shape index (κ3) is 6.13. The smallest absolute Gasteiger partial charge is 0.146 e. The molecule has 0 saturated heterocycles. The van der Waals surface area contributed by atoms with Crippen LogP contribution in [0.2, 0.25) is 0 Å². The SMILES string of the molecule is CSc1cc(C)nc2c(-c3c(C)cc(Br)cc3C)cc(C#N)n12.Cc1cc(=S)n2c(C#N)cc(-c3c(C)cc(Br)cc3C)c2[nH]1. The zero-order valence-corrected chi connectivity index (χ0v) is 30.7. The monoisotopic (exact) mass is 756 g/mol. The van der Waals surface area contributed by atoms with Crippen molar-refractivity contribution >= 4 is 67.1 Å². The fraction of sp³-hybridized carbons (Fsp3) is 0.200. The molecule has 6 nitrogen and oxygen atoms in total. The van der Waals surface area contributed by atoms with E-state index in [1.807, 2.05) is 48.8 Å². The Labute approximate surface area is 289 Å². The molecule has 10 heteroatoms. The normalized spacial score (nSPS) is 10.9. The van der Waals surface area contributed by atoms with Crippen molar-refractivity contribution in [2.45, 2.75) is 46.6 Å². The summed E-state index contributed by atoms with van der Waals surface area (Å²) in [5.74, 6) is 0. The van der Waals surface area contributed by atoms with Gasteiger partial charge in [-0.3, -0.25) is 8.80 Å². The van der Waals surface area contributed by atoms with Gasteiger partial charge in [-0.15, -0.1) is 11.8 Å². The number of fused-ring (bicyclic) bond motifs is 2. The Morgan fingerprint density at radius 2 is 1.22 bits per heavy atom. The largest absolute Gasteiger partial charge is 0.345 e. The number of aromatic amines is 1. The number of nitrogens with zero attached hydrogens (tertiary/aromatic N) is 5. The minimum absolute atomic E-state index is 0.549. The van der Waals surface area contributed by atoms with Gasteiger partial charge in [0.15, 0.2) is 0 Å². The molecular formula is C35H30Br2N6S2. The van der Waals surface area contributed by atoms with Crippen molar-refractivity contribution in [3.05, 3.63) is 107 Å². The van der Waals surface area contributed by atoms with Crippen LogP contribution in [0.5, 0.6) is 0 Å². The van der Waals surface area contributed by atoms with Crippen molar-refractivity contribution in [2.24, 2.45) is 0 Å². The minimum atomic E-state index is 0.549. The number of rotatable bonds is 3. The number of nitriles is 2. The molecule has 0 amide bonds. The minimum Gasteiger partial charge on any atom is -0.345 e. The average molecular weight is 759 g/mol. The number of halogens is 2. The van der Waals surface area contributed by atoms with Gasteiger partial charge in [-0.05, 0) is 130 Å². The molecule has 0 spiro atoms. The van der Waals surface area contributed by atoms with Gasteiger partial charge in [-0.1, -0.05) is 44.1 Å². The van der Waals surface area contributed by atoms with E-state index in [4.69, 9.17) is 17.2 Å². The number of nitrogens with one attached hydrogen (secondary N) is 1. The van der Waals surface area contributed by atoms with Crippen molar-refractivity contribution in [3.8, 4) is 34.4 Å². The lowest BCUT2D eigenvalue weighted by atomic mass is 9.97. The van der Waals surface area contributed by atoms with E-state index in [1.54, 1.807) is 16.2 Å². The van der Waals surface area contributed by atoms with Crippen LogP contribution in [0.1, 0.15) is 45.0 Å². The molecule has 45 heavy (non-hydrogen) atoms. The molecule has 0 aliphatic heterocycles. The Hall–Kier alpha value is -3.67. The van der Waals surface area contributed by atoms with Crippen LogP contribution in [-0.4, -0.2) is 25.0 Å². The zero-order chi connectivity index (χ0) is 32.7.